The maximum absolute atomic E-state index is 14.8. The molecule has 3 amide bonds. The summed E-state index contributed by atoms with van der Waals surface area (Å²) < 4.78 is 18.7. The molecule has 0 aliphatic carbocycles. The van der Waals surface area contributed by atoms with Crippen molar-refractivity contribution in [2.75, 3.05) is 39.8 Å². The average molecular weight is 988 g/mol. The van der Waals surface area contributed by atoms with Gasteiger partial charge in [0.05, 0.1) is 37.1 Å². The maximum atomic E-state index is 14.8. The number of fused-ring (bicyclic) bond motifs is 6. The molecule has 3 aliphatic rings. The number of phenols is 1. The first-order valence-corrected chi connectivity index (χ1v) is 24.2. The van der Waals surface area contributed by atoms with E-state index in [4.69, 9.17) is 9.47 Å². The number of likely N-dealkylation sites (N-methyl/N-ethyl adjacent to an activating group) is 1. The summed E-state index contributed by atoms with van der Waals surface area (Å²) in [5.41, 5.74) is 12.3. The first kappa shape index (κ1) is 51.1. The number of methoxy groups -OCH3 is 2. The molecule has 72 heavy (non-hydrogen) atoms. The van der Waals surface area contributed by atoms with Crippen molar-refractivity contribution in [2.24, 2.45) is 11.3 Å². The number of anilines is 1. The van der Waals surface area contributed by atoms with Crippen LogP contribution in [0.25, 0.3) is 33.3 Å². The number of hydrogen-bond donors (Lipinski definition) is 5. The van der Waals surface area contributed by atoms with Gasteiger partial charge in [0.2, 0.25) is 5.91 Å². The standard InChI is InChI=1S/C52H62N10O10/c1-9-60-42-15-12-31-23-36(42)37(45(60)38-26-53-17-16-32(38)27-70-7)24-52(4,5)28-72-50(67)40-11-10-18-61(58-40)49(66)41(21-30-19-33(31)22-35(63)20-30)55-47(64)44(29(2)3)59(6)48(65)39-14-13-34(25-54-39)57-62(69)46-43(56-46)51(68)71-8/h12-17,19-20,22-23,25-26,29,40-41,43-44,46,56,58H,9-11,18,21,24,27-28H2,1-8H3,(H2-,55,57,63,64,65,69)/p+1/t40-,41-,43+,44-,46+/m0/s1. The van der Waals surface area contributed by atoms with E-state index in [1.54, 1.807) is 39.3 Å². The van der Waals surface area contributed by atoms with Crippen LogP contribution in [0, 0.1) is 16.2 Å². The van der Waals surface area contributed by atoms with Crippen molar-refractivity contribution in [3.63, 3.8) is 0 Å². The number of ether oxygens (including phenoxy) is 3. The van der Waals surface area contributed by atoms with Crippen molar-refractivity contribution in [3.05, 3.63) is 100 Å². The second-order valence-corrected chi connectivity index (χ2v) is 19.8. The molecule has 5 atom stereocenters. The third-order valence-corrected chi connectivity index (χ3v) is 13.4. The largest absolute Gasteiger partial charge is 0.508 e. The van der Waals surface area contributed by atoms with E-state index in [1.807, 2.05) is 24.4 Å². The number of aromatic hydroxyl groups is 1. The lowest BCUT2D eigenvalue weighted by Gasteiger charge is -2.36. The molecule has 6 heterocycles. The fourth-order valence-electron chi connectivity index (χ4n) is 9.86. The molecule has 0 unspecified atom stereocenters. The van der Waals surface area contributed by atoms with Crippen LogP contribution in [0.5, 0.6) is 5.75 Å². The Balaban J connectivity index is 1.13. The molecule has 2 saturated heterocycles. The van der Waals surface area contributed by atoms with Crippen molar-refractivity contribution in [1.29, 1.82) is 0 Å². The van der Waals surface area contributed by atoms with E-state index < -0.39 is 71.3 Å². The summed E-state index contributed by atoms with van der Waals surface area (Å²) in [5, 5.41) is 19.3. The maximum Gasteiger partial charge on any atom is 0.331 e. The molecular formula is C52H63N10O10+. The molecule has 8 rings (SSSR count). The van der Waals surface area contributed by atoms with Gasteiger partial charge in [-0.3, -0.25) is 34.0 Å². The number of esters is 2. The van der Waals surface area contributed by atoms with E-state index in [0.29, 0.717) is 48.4 Å². The van der Waals surface area contributed by atoms with Gasteiger partial charge in [-0.2, -0.15) is 0 Å². The van der Waals surface area contributed by atoms with E-state index in [9.17, 15) is 34.0 Å². The number of nitrogens with one attached hydrogen (secondary N) is 4. The minimum absolute atomic E-state index is 0.0185. The number of phenolic OH excluding ortho intramolecular Hbond substituents is 1. The van der Waals surface area contributed by atoms with Gasteiger partial charge >= 0.3 is 18.1 Å². The van der Waals surface area contributed by atoms with Crippen LogP contribution in [-0.2, 0) is 59.4 Å². The zero-order chi connectivity index (χ0) is 51.6. The third kappa shape index (κ3) is 10.8. The molecule has 20 nitrogen and oxygen atoms in total. The number of nitrogens with zero attached hydrogens (tertiary/aromatic N) is 6. The number of rotatable bonds is 13. The number of hydrogen-bond acceptors (Lipinski definition) is 14. The molecule has 380 valence electrons. The SMILES string of the molecule is CCn1c(-c2cnccc2COC)c2c3cc(ccc31)-c1cc(O)cc(c1)C[C@H](NC(=O)[C@H](C(C)C)N(C)C(=O)c1ccc(N[N+](=O)[C@H]3N[C@H]3C(=O)OC)cn1)C(=O)N1CCC[C@H](N1)C(=O)OCC(C)(C)C2. The molecule has 0 spiro atoms. The summed E-state index contributed by atoms with van der Waals surface area (Å²) in [5.74, 6) is -3.33. The predicted octanol–water partition coefficient (Wildman–Crippen LogP) is 4.66. The number of aromatic nitrogens is 3. The molecule has 3 aromatic heterocycles. The highest BCUT2D eigenvalue weighted by Crippen LogP contribution is 2.41. The number of benzene rings is 2. The number of pyridine rings is 2. The molecule has 20 heteroatoms. The van der Waals surface area contributed by atoms with Crippen molar-refractivity contribution in [2.45, 2.75) is 104 Å². The zero-order valence-electron chi connectivity index (χ0n) is 41.9. The highest BCUT2D eigenvalue weighted by Gasteiger charge is 2.57. The first-order valence-electron chi connectivity index (χ1n) is 24.2. The van der Waals surface area contributed by atoms with Crippen LogP contribution in [0.3, 0.4) is 0 Å². The van der Waals surface area contributed by atoms with Gasteiger partial charge in [0.15, 0.2) is 6.04 Å². The summed E-state index contributed by atoms with van der Waals surface area (Å²) in [4.78, 5) is 92.1. The Hall–Kier alpha value is -7.29. The summed E-state index contributed by atoms with van der Waals surface area (Å²) in [6.45, 7) is 11.1. The Morgan fingerprint density at radius 2 is 1.85 bits per heavy atom. The minimum Gasteiger partial charge on any atom is -0.508 e. The monoisotopic (exact) mass is 987 g/mol. The fourth-order valence-corrected chi connectivity index (χ4v) is 9.86. The normalized spacial score (nSPS) is 20.3. The fraction of sp³-hybridized carbons (Fsp3) is 0.442. The number of carbonyl (C=O) groups excluding carboxylic acids is 5. The van der Waals surface area contributed by atoms with Crippen molar-refractivity contribution in [3.8, 4) is 28.1 Å². The number of carbonyl (C=O) groups is 5. The lowest BCUT2D eigenvalue weighted by atomic mass is 9.84. The molecule has 5 N–H and O–H groups in total. The van der Waals surface area contributed by atoms with Crippen LogP contribution in [0.2, 0.25) is 0 Å². The van der Waals surface area contributed by atoms with Crippen molar-refractivity contribution >= 4 is 46.3 Å². The summed E-state index contributed by atoms with van der Waals surface area (Å²) in [6.07, 6.45) is 5.39. The van der Waals surface area contributed by atoms with E-state index in [-0.39, 0.29) is 36.7 Å². The Morgan fingerprint density at radius 3 is 2.56 bits per heavy atom. The molecule has 6 bridgehead atoms. The Labute approximate surface area is 417 Å². The zero-order valence-corrected chi connectivity index (χ0v) is 41.9. The Morgan fingerprint density at radius 1 is 1.06 bits per heavy atom. The third-order valence-electron chi connectivity index (χ3n) is 13.4. The van der Waals surface area contributed by atoms with Crippen LogP contribution in [0.1, 0.15) is 74.6 Å². The van der Waals surface area contributed by atoms with Crippen LogP contribution in [0.15, 0.2) is 73.2 Å². The van der Waals surface area contributed by atoms with Gasteiger partial charge in [0, 0.05) is 67.9 Å². The lowest BCUT2D eigenvalue weighted by Crippen LogP contribution is -2.62. The summed E-state index contributed by atoms with van der Waals surface area (Å²) in [6, 6.07) is 12.2. The van der Waals surface area contributed by atoms with Gasteiger partial charge < -0.3 is 34.1 Å². The van der Waals surface area contributed by atoms with Crippen molar-refractivity contribution in [1.82, 2.24) is 40.5 Å². The van der Waals surface area contributed by atoms with E-state index in [1.165, 1.54) is 42.4 Å². The molecule has 3 aliphatic heterocycles. The molecule has 5 aromatic rings. The van der Waals surface area contributed by atoms with Crippen LogP contribution >= 0.6 is 0 Å². The summed E-state index contributed by atoms with van der Waals surface area (Å²) >= 11 is 0. The van der Waals surface area contributed by atoms with Gasteiger partial charge in [-0.05, 0) is 102 Å². The highest BCUT2D eigenvalue weighted by molar-refractivity contribution is 5.98. The van der Waals surface area contributed by atoms with E-state index >= 15 is 0 Å². The van der Waals surface area contributed by atoms with Gasteiger partial charge in [-0.1, -0.05) is 39.8 Å². The van der Waals surface area contributed by atoms with E-state index in [2.05, 4.69) is 73.7 Å². The Bertz CT molecular complexity index is 2900. The molecule has 0 saturated carbocycles. The smallest absolute Gasteiger partial charge is 0.331 e. The molecule has 2 aromatic carbocycles. The number of aryl methyl sites for hydroxylation is 1. The first-order chi connectivity index (χ1) is 34.4. The molecular weight excluding hydrogens is 925 g/mol. The lowest BCUT2D eigenvalue weighted by molar-refractivity contribution is -0.534. The number of amides is 3. The number of cyclic esters (lactones) is 1. The van der Waals surface area contributed by atoms with Gasteiger partial charge in [0.25, 0.3) is 11.8 Å². The number of hydrazine groups is 2. The van der Waals surface area contributed by atoms with Gasteiger partial charge in [0.1, 0.15) is 40.1 Å². The van der Waals surface area contributed by atoms with Crippen LogP contribution in [-0.4, -0.2) is 129 Å². The topological polar surface area (TPSA) is 249 Å². The molecule has 2 fully saturated rings. The quantitative estimate of drug-likeness (QED) is 0.0466. The van der Waals surface area contributed by atoms with Crippen molar-refractivity contribution < 1.29 is 48.2 Å². The highest BCUT2D eigenvalue weighted by atomic mass is 16.5. The average Bonchev–Trinajstić information content (AvgIpc) is 4.12. The summed E-state index contributed by atoms with van der Waals surface area (Å²) in [7, 11) is 4.36. The number of nitroso groups, excluding NO2 is 1. The minimum atomic E-state index is -1.23. The van der Waals surface area contributed by atoms with Gasteiger partial charge in [-0.25, -0.2) is 15.7 Å². The predicted molar refractivity (Wildman–Crippen MR) is 266 cm³/mol. The van der Waals surface area contributed by atoms with Crippen LogP contribution in [0.4, 0.5) is 5.69 Å². The second kappa shape index (κ2) is 21.2. The van der Waals surface area contributed by atoms with Crippen LogP contribution < -0.4 is 21.5 Å². The van der Waals surface area contributed by atoms with E-state index in [0.717, 1.165) is 38.9 Å². The Kier molecular flexibility index (Phi) is 15.0. The molecule has 0 radical (unpaired) electrons. The van der Waals surface area contributed by atoms with Gasteiger partial charge in [-0.15, -0.1) is 5.43 Å². The second-order valence-electron chi connectivity index (χ2n) is 19.8.